The van der Waals surface area contributed by atoms with Crippen LogP contribution >= 0.6 is 11.3 Å². The van der Waals surface area contributed by atoms with Gasteiger partial charge in [-0.05, 0) is 47.9 Å². The maximum Gasteiger partial charge on any atom is 0.328 e. The molecule has 1 aromatic heterocycles. The normalized spacial score (nSPS) is 13.0. The highest BCUT2D eigenvalue weighted by molar-refractivity contribution is 7.19. The van der Waals surface area contributed by atoms with Crippen molar-refractivity contribution >= 4 is 33.5 Å². The maximum absolute atomic E-state index is 10.6. The quantitative estimate of drug-likeness (QED) is 0.764. The number of aliphatic carboxylic acids is 1. The molecule has 1 atom stereocenters. The summed E-state index contributed by atoms with van der Waals surface area (Å²) in [5.41, 5.74) is 1.33. The Balaban J connectivity index is 2.26. The molecule has 0 aliphatic heterocycles. The van der Waals surface area contributed by atoms with E-state index >= 15 is 0 Å². The van der Waals surface area contributed by atoms with Crippen LogP contribution in [0, 0.1) is 0 Å². The molecule has 0 saturated carbocycles. The fourth-order valence-corrected chi connectivity index (χ4v) is 3.44. The number of ether oxygens (including phenoxy) is 1. The van der Waals surface area contributed by atoms with Crippen LogP contribution in [0.4, 0.5) is 0 Å². The molecule has 1 N–H and O–H groups in total. The first-order valence-electron chi connectivity index (χ1n) is 7.07. The molecule has 2 rings (SSSR count). The second kappa shape index (κ2) is 7.38. The summed E-state index contributed by atoms with van der Waals surface area (Å²) in [6, 6.07) is 8.54. The van der Waals surface area contributed by atoms with Gasteiger partial charge in [-0.2, -0.15) is 0 Å². The van der Waals surface area contributed by atoms with E-state index in [0.29, 0.717) is 5.92 Å². The number of carboxylic acid groups (broad SMARTS) is 1. The summed E-state index contributed by atoms with van der Waals surface area (Å²) < 4.78 is 6.38. The van der Waals surface area contributed by atoms with Gasteiger partial charge in [-0.15, -0.1) is 11.3 Å². The number of carbonyl (C=O) groups is 1. The van der Waals surface area contributed by atoms with Crippen LogP contribution in [0.15, 0.2) is 30.3 Å². The first-order valence-corrected chi connectivity index (χ1v) is 7.89. The molecule has 0 fully saturated rings. The van der Waals surface area contributed by atoms with Gasteiger partial charge in [0.2, 0.25) is 0 Å². The van der Waals surface area contributed by atoms with Gasteiger partial charge in [0, 0.05) is 29.4 Å². The Labute approximate surface area is 128 Å². The predicted octanol–water partition coefficient (Wildman–Crippen LogP) is 4.53. The molecule has 0 spiro atoms. The molecule has 0 aliphatic rings. The molecule has 0 amide bonds. The van der Waals surface area contributed by atoms with Crippen molar-refractivity contribution < 1.29 is 14.6 Å². The number of hydrogen-bond donors (Lipinski definition) is 1. The van der Waals surface area contributed by atoms with Crippen molar-refractivity contribution in [2.24, 2.45) is 0 Å². The fraction of sp³-hybridized carbons (Fsp3) is 0.353. The lowest BCUT2D eigenvalue weighted by molar-refractivity contribution is -0.131. The Morgan fingerprint density at radius 2 is 2.24 bits per heavy atom. The summed E-state index contributed by atoms with van der Waals surface area (Å²) in [6.45, 7) is 2.97. The Hall–Kier alpha value is -1.65. The van der Waals surface area contributed by atoms with E-state index in [0.717, 1.165) is 29.7 Å². The first-order chi connectivity index (χ1) is 10.1. The largest absolute Gasteiger partial charge is 0.478 e. The summed E-state index contributed by atoms with van der Waals surface area (Å²) in [5.74, 6) is -0.409. The third kappa shape index (κ3) is 4.16. The van der Waals surface area contributed by atoms with Crippen molar-refractivity contribution in [3.05, 3.63) is 40.8 Å². The van der Waals surface area contributed by atoms with Crippen LogP contribution in [0.5, 0.6) is 0 Å². The van der Waals surface area contributed by atoms with E-state index in [1.54, 1.807) is 24.5 Å². The highest BCUT2D eigenvalue weighted by Gasteiger charge is 2.10. The van der Waals surface area contributed by atoms with E-state index in [1.165, 1.54) is 16.3 Å². The van der Waals surface area contributed by atoms with Crippen molar-refractivity contribution in [2.75, 3.05) is 13.7 Å². The Kier molecular flexibility index (Phi) is 5.53. The molecular weight excluding hydrogens is 284 g/mol. The number of methoxy groups -OCH3 is 1. The summed E-state index contributed by atoms with van der Waals surface area (Å²) in [6.07, 6.45) is 4.94. The molecule has 2 aromatic rings. The Morgan fingerprint density at radius 3 is 2.90 bits per heavy atom. The smallest absolute Gasteiger partial charge is 0.328 e. The van der Waals surface area contributed by atoms with Crippen LogP contribution in [-0.4, -0.2) is 24.8 Å². The Morgan fingerprint density at radius 1 is 1.43 bits per heavy atom. The number of thiophene rings is 1. The van der Waals surface area contributed by atoms with Gasteiger partial charge in [-0.25, -0.2) is 4.79 Å². The van der Waals surface area contributed by atoms with Crippen LogP contribution < -0.4 is 0 Å². The van der Waals surface area contributed by atoms with Crippen LogP contribution in [0.1, 0.15) is 36.1 Å². The minimum atomic E-state index is -0.918. The van der Waals surface area contributed by atoms with Crippen LogP contribution in [-0.2, 0) is 9.53 Å². The molecule has 1 heterocycles. The third-order valence-electron chi connectivity index (χ3n) is 3.59. The lowest BCUT2D eigenvalue weighted by Gasteiger charge is -2.14. The molecule has 112 valence electrons. The average molecular weight is 304 g/mol. The van der Waals surface area contributed by atoms with Gasteiger partial charge in [0.1, 0.15) is 0 Å². The van der Waals surface area contributed by atoms with Crippen molar-refractivity contribution in [1.29, 1.82) is 0 Å². The maximum atomic E-state index is 10.6. The summed E-state index contributed by atoms with van der Waals surface area (Å²) >= 11 is 1.62. The molecule has 0 aliphatic carbocycles. The van der Waals surface area contributed by atoms with Crippen LogP contribution in [0.2, 0.25) is 0 Å². The minimum Gasteiger partial charge on any atom is -0.478 e. The van der Waals surface area contributed by atoms with E-state index in [2.05, 4.69) is 25.1 Å². The minimum absolute atomic E-state index is 0.509. The summed E-state index contributed by atoms with van der Waals surface area (Å²) in [7, 11) is 1.73. The highest BCUT2D eigenvalue weighted by Crippen LogP contribution is 2.31. The van der Waals surface area contributed by atoms with Gasteiger partial charge in [-0.3, -0.25) is 0 Å². The number of fused-ring (bicyclic) bond motifs is 1. The predicted molar refractivity (Wildman–Crippen MR) is 88.0 cm³/mol. The van der Waals surface area contributed by atoms with Crippen molar-refractivity contribution in [3.63, 3.8) is 0 Å². The van der Waals surface area contributed by atoms with E-state index < -0.39 is 5.97 Å². The summed E-state index contributed by atoms with van der Waals surface area (Å²) in [5, 5.41) is 9.85. The van der Waals surface area contributed by atoms with Gasteiger partial charge < -0.3 is 9.84 Å². The summed E-state index contributed by atoms with van der Waals surface area (Å²) in [4.78, 5) is 11.5. The van der Waals surface area contributed by atoms with Gasteiger partial charge in [0.05, 0.1) is 0 Å². The number of rotatable bonds is 7. The van der Waals surface area contributed by atoms with Crippen molar-refractivity contribution in [1.82, 2.24) is 0 Å². The van der Waals surface area contributed by atoms with Crippen molar-refractivity contribution in [3.8, 4) is 0 Å². The van der Waals surface area contributed by atoms with Crippen LogP contribution in [0.3, 0.4) is 0 Å². The number of carboxylic acids is 1. The zero-order valence-electron chi connectivity index (χ0n) is 12.3. The fourth-order valence-electron chi connectivity index (χ4n) is 2.42. The lowest BCUT2D eigenvalue weighted by Crippen LogP contribution is -2.01. The SMILES string of the molecule is CCC(CCOC)c1ccc2cc(/C=C/C(=O)O)sc2c1. The zero-order valence-corrected chi connectivity index (χ0v) is 13.2. The van der Waals surface area contributed by atoms with Crippen LogP contribution in [0.25, 0.3) is 16.2 Å². The first kappa shape index (κ1) is 15.7. The molecule has 3 nitrogen and oxygen atoms in total. The lowest BCUT2D eigenvalue weighted by atomic mass is 9.93. The molecule has 4 heteroatoms. The molecule has 0 saturated heterocycles. The van der Waals surface area contributed by atoms with Crippen molar-refractivity contribution in [2.45, 2.75) is 25.7 Å². The Bertz CT molecular complexity index is 643. The molecule has 1 unspecified atom stereocenters. The average Bonchev–Trinajstić information content (AvgIpc) is 2.88. The number of benzene rings is 1. The van der Waals surface area contributed by atoms with Gasteiger partial charge in [-0.1, -0.05) is 19.1 Å². The zero-order chi connectivity index (χ0) is 15.2. The van der Waals surface area contributed by atoms with E-state index in [1.807, 2.05) is 6.07 Å². The van der Waals surface area contributed by atoms with Gasteiger partial charge in [0.25, 0.3) is 0 Å². The van der Waals surface area contributed by atoms with E-state index in [4.69, 9.17) is 9.84 Å². The topological polar surface area (TPSA) is 46.5 Å². The molecule has 0 radical (unpaired) electrons. The van der Waals surface area contributed by atoms with Gasteiger partial charge >= 0.3 is 5.97 Å². The second-order valence-electron chi connectivity index (χ2n) is 5.00. The molecular formula is C17H20O3S. The van der Waals surface area contributed by atoms with E-state index in [9.17, 15) is 4.79 Å². The molecule has 0 bridgehead atoms. The molecule has 21 heavy (non-hydrogen) atoms. The number of hydrogen-bond acceptors (Lipinski definition) is 3. The van der Waals surface area contributed by atoms with Gasteiger partial charge in [0.15, 0.2) is 0 Å². The van der Waals surface area contributed by atoms with E-state index in [-0.39, 0.29) is 0 Å². The standard InChI is InChI=1S/C17H20O3S/c1-3-12(8-9-20-2)13-4-5-14-10-15(6-7-17(18)19)21-16(14)11-13/h4-7,10-12H,3,8-9H2,1-2H3,(H,18,19)/b7-6+. The highest BCUT2D eigenvalue weighted by atomic mass is 32.1. The second-order valence-corrected chi connectivity index (χ2v) is 6.12. The monoisotopic (exact) mass is 304 g/mol. The molecule has 1 aromatic carbocycles. The third-order valence-corrected chi connectivity index (χ3v) is 4.65.